The number of aliphatic hydroxyl groups excluding tert-OH is 1. The van der Waals surface area contributed by atoms with Gasteiger partial charge in [0.2, 0.25) is 0 Å². The van der Waals surface area contributed by atoms with E-state index < -0.39 is 0 Å². The molecule has 1 aromatic heterocycles. The van der Waals surface area contributed by atoms with E-state index in [2.05, 4.69) is 16.4 Å². The van der Waals surface area contributed by atoms with E-state index in [-0.39, 0.29) is 6.61 Å². The van der Waals surface area contributed by atoms with Crippen molar-refractivity contribution >= 4 is 0 Å². The topological polar surface area (TPSA) is 48.0 Å². The van der Waals surface area contributed by atoms with Crippen LogP contribution in [0.1, 0.15) is 12.1 Å². The fraction of sp³-hybridized carbons (Fsp3) is 0.556. The van der Waals surface area contributed by atoms with Crippen molar-refractivity contribution in [1.82, 2.24) is 10.3 Å². The Hall–Kier alpha value is -0.800. The van der Waals surface area contributed by atoms with Crippen LogP contribution in [0.4, 0.5) is 0 Å². The van der Waals surface area contributed by atoms with Gasteiger partial charge in [0.15, 0.2) is 0 Å². The summed E-state index contributed by atoms with van der Waals surface area (Å²) < 4.78 is 0. The first-order valence-corrected chi connectivity index (χ1v) is 4.37. The molecule has 0 aliphatic carbocycles. The van der Waals surface area contributed by atoms with Gasteiger partial charge in [0.25, 0.3) is 0 Å². The minimum absolute atomic E-state index is 0.273. The average molecular weight is 168 g/mol. The van der Waals surface area contributed by atoms with Gasteiger partial charge >= 0.3 is 0 Å². The molecule has 0 aliphatic rings. The van der Waals surface area contributed by atoms with Gasteiger partial charge < -0.3 is 15.4 Å². The SMILES string of the molecule is OCCCNCCc1ccc[nH]1. The Morgan fingerprint density at radius 2 is 2.33 bits per heavy atom. The van der Waals surface area contributed by atoms with Crippen molar-refractivity contribution in [3.05, 3.63) is 24.0 Å². The van der Waals surface area contributed by atoms with Crippen LogP contribution in [0.15, 0.2) is 18.3 Å². The van der Waals surface area contributed by atoms with Crippen molar-refractivity contribution in [2.24, 2.45) is 0 Å². The smallest absolute Gasteiger partial charge is 0.0443 e. The van der Waals surface area contributed by atoms with E-state index in [0.717, 1.165) is 25.9 Å². The molecule has 1 rings (SSSR count). The molecule has 0 fully saturated rings. The fourth-order valence-corrected chi connectivity index (χ4v) is 1.08. The van der Waals surface area contributed by atoms with Crippen molar-refractivity contribution in [1.29, 1.82) is 0 Å². The van der Waals surface area contributed by atoms with Crippen molar-refractivity contribution in [2.45, 2.75) is 12.8 Å². The summed E-state index contributed by atoms with van der Waals surface area (Å²) in [5.74, 6) is 0. The van der Waals surface area contributed by atoms with E-state index >= 15 is 0 Å². The highest BCUT2D eigenvalue weighted by molar-refractivity contribution is 5.03. The normalized spacial score (nSPS) is 10.4. The minimum Gasteiger partial charge on any atom is -0.396 e. The van der Waals surface area contributed by atoms with Crippen LogP contribution in [-0.2, 0) is 6.42 Å². The van der Waals surface area contributed by atoms with Gasteiger partial charge in [-0.2, -0.15) is 0 Å². The first-order valence-electron chi connectivity index (χ1n) is 4.37. The second kappa shape index (κ2) is 5.80. The van der Waals surface area contributed by atoms with Crippen molar-refractivity contribution in [3.63, 3.8) is 0 Å². The summed E-state index contributed by atoms with van der Waals surface area (Å²) in [6, 6.07) is 4.08. The van der Waals surface area contributed by atoms with Crippen LogP contribution in [-0.4, -0.2) is 29.8 Å². The molecule has 0 aromatic carbocycles. The number of nitrogens with one attached hydrogen (secondary N) is 2. The molecular formula is C9H16N2O. The van der Waals surface area contributed by atoms with Crippen LogP contribution in [0, 0.1) is 0 Å². The molecule has 68 valence electrons. The molecule has 0 atom stereocenters. The van der Waals surface area contributed by atoms with Gasteiger partial charge in [-0.05, 0) is 31.5 Å². The van der Waals surface area contributed by atoms with Crippen molar-refractivity contribution in [2.75, 3.05) is 19.7 Å². The maximum Gasteiger partial charge on any atom is 0.0443 e. The number of hydrogen-bond donors (Lipinski definition) is 3. The standard InChI is InChI=1S/C9H16N2O/c12-8-2-5-10-7-4-9-3-1-6-11-9/h1,3,6,10-12H,2,4-5,7-8H2. The Labute approximate surface area is 72.8 Å². The molecule has 0 bridgehead atoms. The molecule has 1 heterocycles. The Balaban J connectivity index is 1.96. The lowest BCUT2D eigenvalue weighted by molar-refractivity contribution is 0.286. The van der Waals surface area contributed by atoms with Crippen LogP contribution in [0.3, 0.4) is 0 Å². The average Bonchev–Trinajstić information content (AvgIpc) is 2.57. The molecule has 1 aromatic rings. The highest BCUT2D eigenvalue weighted by Gasteiger charge is 1.91. The lowest BCUT2D eigenvalue weighted by Gasteiger charge is -2.01. The number of hydrogen-bond acceptors (Lipinski definition) is 2. The lowest BCUT2D eigenvalue weighted by Crippen LogP contribution is -2.19. The Morgan fingerprint density at radius 1 is 1.42 bits per heavy atom. The Morgan fingerprint density at radius 3 is 3.00 bits per heavy atom. The maximum atomic E-state index is 8.50. The van der Waals surface area contributed by atoms with E-state index in [0.29, 0.717) is 0 Å². The molecule has 3 nitrogen and oxygen atoms in total. The van der Waals surface area contributed by atoms with Gasteiger partial charge in [0, 0.05) is 25.0 Å². The van der Waals surface area contributed by atoms with Crippen LogP contribution in [0.5, 0.6) is 0 Å². The second-order valence-electron chi connectivity index (χ2n) is 2.77. The molecule has 0 aliphatic heterocycles. The predicted molar refractivity (Wildman–Crippen MR) is 49.1 cm³/mol. The van der Waals surface area contributed by atoms with Gasteiger partial charge in [0.1, 0.15) is 0 Å². The minimum atomic E-state index is 0.273. The molecule has 12 heavy (non-hydrogen) atoms. The molecule has 0 saturated heterocycles. The van der Waals surface area contributed by atoms with E-state index in [1.54, 1.807) is 0 Å². The molecule has 0 saturated carbocycles. The number of aromatic amines is 1. The summed E-state index contributed by atoms with van der Waals surface area (Å²) in [4.78, 5) is 3.14. The Kier molecular flexibility index (Phi) is 4.49. The van der Waals surface area contributed by atoms with Gasteiger partial charge in [-0.3, -0.25) is 0 Å². The third kappa shape index (κ3) is 3.55. The van der Waals surface area contributed by atoms with Crippen LogP contribution in [0.25, 0.3) is 0 Å². The fourth-order valence-electron chi connectivity index (χ4n) is 1.08. The molecule has 0 radical (unpaired) electrons. The van der Waals surface area contributed by atoms with Gasteiger partial charge in [0.05, 0.1) is 0 Å². The summed E-state index contributed by atoms with van der Waals surface area (Å²) in [6.45, 7) is 2.15. The summed E-state index contributed by atoms with van der Waals surface area (Å²) in [5, 5.41) is 11.7. The quantitative estimate of drug-likeness (QED) is 0.543. The van der Waals surface area contributed by atoms with Crippen molar-refractivity contribution in [3.8, 4) is 0 Å². The summed E-state index contributed by atoms with van der Waals surface area (Å²) in [5.41, 5.74) is 1.26. The van der Waals surface area contributed by atoms with E-state index in [1.807, 2.05) is 12.3 Å². The molecular weight excluding hydrogens is 152 g/mol. The van der Waals surface area contributed by atoms with Crippen LogP contribution < -0.4 is 5.32 Å². The van der Waals surface area contributed by atoms with Crippen LogP contribution in [0.2, 0.25) is 0 Å². The first kappa shape index (κ1) is 9.29. The number of aromatic nitrogens is 1. The zero-order valence-corrected chi connectivity index (χ0v) is 7.21. The number of rotatable bonds is 6. The second-order valence-corrected chi connectivity index (χ2v) is 2.77. The monoisotopic (exact) mass is 168 g/mol. The summed E-state index contributed by atoms with van der Waals surface area (Å²) in [6.07, 6.45) is 3.80. The third-order valence-electron chi connectivity index (χ3n) is 1.75. The first-order chi connectivity index (χ1) is 5.93. The van der Waals surface area contributed by atoms with Gasteiger partial charge in [-0.25, -0.2) is 0 Å². The zero-order valence-electron chi connectivity index (χ0n) is 7.21. The van der Waals surface area contributed by atoms with E-state index in [9.17, 15) is 0 Å². The molecule has 0 spiro atoms. The largest absolute Gasteiger partial charge is 0.396 e. The predicted octanol–water partition coefficient (Wildman–Crippen LogP) is 0.529. The number of aliphatic hydroxyl groups is 1. The van der Waals surface area contributed by atoms with Crippen LogP contribution >= 0.6 is 0 Å². The summed E-state index contributed by atoms with van der Waals surface area (Å²) in [7, 11) is 0. The maximum absolute atomic E-state index is 8.50. The highest BCUT2D eigenvalue weighted by Crippen LogP contribution is 1.93. The molecule has 3 N–H and O–H groups in total. The molecule has 0 amide bonds. The Bertz CT molecular complexity index is 184. The van der Waals surface area contributed by atoms with Crippen molar-refractivity contribution < 1.29 is 5.11 Å². The lowest BCUT2D eigenvalue weighted by atomic mass is 10.3. The third-order valence-corrected chi connectivity index (χ3v) is 1.75. The zero-order chi connectivity index (χ0) is 8.65. The van der Waals surface area contributed by atoms with Gasteiger partial charge in [-0.1, -0.05) is 0 Å². The van der Waals surface area contributed by atoms with Gasteiger partial charge in [-0.15, -0.1) is 0 Å². The summed E-state index contributed by atoms with van der Waals surface area (Å²) >= 11 is 0. The highest BCUT2D eigenvalue weighted by atomic mass is 16.3. The molecule has 0 unspecified atom stereocenters. The molecule has 3 heteroatoms. The van der Waals surface area contributed by atoms with E-state index in [4.69, 9.17) is 5.11 Å². The number of H-pyrrole nitrogens is 1. The van der Waals surface area contributed by atoms with E-state index in [1.165, 1.54) is 5.69 Å².